The third-order valence-electron chi connectivity index (χ3n) is 2.04. The monoisotopic (exact) mass is 229 g/mol. The molecule has 0 fully saturated rings. The Balaban J connectivity index is 2.36. The quantitative estimate of drug-likeness (QED) is 0.595. The first-order chi connectivity index (χ1) is 6.99. The second-order valence-corrected chi connectivity index (χ2v) is 4.95. The predicted octanol–water partition coefficient (Wildman–Crippen LogP) is 1.68. The fourth-order valence-electron chi connectivity index (χ4n) is 1.25. The van der Waals surface area contributed by atoms with Crippen LogP contribution in [0.5, 0.6) is 0 Å². The Morgan fingerprint density at radius 2 is 2.00 bits per heavy atom. The van der Waals surface area contributed by atoms with E-state index in [0.29, 0.717) is 13.0 Å². The Morgan fingerprint density at radius 3 is 2.60 bits per heavy atom. The highest BCUT2D eigenvalue weighted by Gasteiger charge is 2.03. The van der Waals surface area contributed by atoms with E-state index in [9.17, 15) is 8.42 Å². The summed E-state index contributed by atoms with van der Waals surface area (Å²) >= 11 is 0. The number of para-hydroxylation sites is 1. The van der Waals surface area contributed by atoms with Gasteiger partial charge in [-0.2, -0.15) is 8.42 Å². The van der Waals surface area contributed by atoms with Crippen LogP contribution < -0.4 is 5.32 Å². The zero-order valence-electron chi connectivity index (χ0n) is 8.60. The van der Waals surface area contributed by atoms with E-state index in [-0.39, 0.29) is 5.75 Å². The molecular formula is C10H15NO3S. The summed E-state index contributed by atoms with van der Waals surface area (Å²) in [6, 6.07) is 7.77. The van der Waals surface area contributed by atoms with Crippen molar-refractivity contribution in [1.82, 2.24) is 0 Å². The molecule has 5 heteroatoms. The highest BCUT2D eigenvalue weighted by molar-refractivity contribution is 7.85. The molecule has 0 aliphatic carbocycles. The van der Waals surface area contributed by atoms with Crippen LogP contribution in [0.2, 0.25) is 0 Å². The normalized spacial score (nSPS) is 11.3. The largest absolute Gasteiger partial charge is 0.385 e. The third-order valence-corrected chi connectivity index (χ3v) is 2.84. The van der Waals surface area contributed by atoms with Crippen molar-refractivity contribution in [3.8, 4) is 0 Å². The maximum absolute atomic E-state index is 10.4. The lowest BCUT2D eigenvalue weighted by Gasteiger charge is -2.08. The van der Waals surface area contributed by atoms with Crippen molar-refractivity contribution in [3.05, 3.63) is 29.8 Å². The van der Waals surface area contributed by atoms with Crippen molar-refractivity contribution in [2.45, 2.75) is 13.3 Å². The van der Waals surface area contributed by atoms with Gasteiger partial charge in [0.25, 0.3) is 10.1 Å². The summed E-state index contributed by atoms with van der Waals surface area (Å²) in [6.07, 6.45) is 0.396. The van der Waals surface area contributed by atoms with Gasteiger partial charge in [0.1, 0.15) is 0 Å². The summed E-state index contributed by atoms with van der Waals surface area (Å²) in [6.45, 7) is 2.51. The minimum absolute atomic E-state index is 0.202. The van der Waals surface area contributed by atoms with Gasteiger partial charge in [-0.1, -0.05) is 18.2 Å². The lowest BCUT2D eigenvalue weighted by Crippen LogP contribution is -2.10. The van der Waals surface area contributed by atoms with Crippen molar-refractivity contribution < 1.29 is 13.0 Å². The molecule has 0 aliphatic heterocycles. The SMILES string of the molecule is Cc1ccccc1NCCCS(=O)(=O)O. The molecule has 0 aliphatic rings. The first-order valence-corrected chi connectivity index (χ1v) is 6.34. The molecule has 1 rings (SSSR count). The van der Waals surface area contributed by atoms with Gasteiger partial charge >= 0.3 is 0 Å². The zero-order valence-corrected chi connectivity index (χ0v) is 9.42. The smallest absolute Gasteiger partial charge is 0.264 e. The summed E-state index contributed by atoms with van der Waals surface area (Å²) in [7, 11) is -3.83. The minimum Gasteiger partial charge on any atom is -0.385 e. The molecule has 0 saturated carbocycles. The topological polar surface area (TPSA) is 66.4 Å². The van der Waals surface area contributed by atoms with Gasteiger partial charge < -0.3 is 5.32 Å². The average molecular weight is 229 g/mol. The molecular weight excluding hydrogens is 214 g/mol. The molecule has 0 spiro atoms. The van der Waals surface area contributed by atoms with Crippen molar-refractivity contribution in [3.63, 3.8) is 0 Å². The molecule has 15 heavy (non-hydrogen) atoms. The minimum atomic E-state index is -3.83. The van der Waals surface area contributed by atoms with Crippen LogP contribution in [0.15, 0.2) is 24.3 Å². The van der Waals surface area contributed by atoms with E-state index < -0.39 is 10.1 Å². The second kappa shape index (κ2) is 5.14. The Labute approximate surface area is 90.1 Å². The Kier molecular flexibility index (Phi) is 4.11. The molecule has 1 aromatic carbocycles. The number of hydrogen-bond donors (Lipinski definition) is 2. The van der Waals surface area contributed by atoms with Gasteiger partial charge in [-0.05, 0) is 25.0 Å². The summed E-state index contributed by atoms with van der Waals surface area (Å²) in [5.41, 5.74) is 2.11. The van der Waals surface area contributed by atoms with Crippen molar-refractivity contribution in [2.24, 2.45) is 0 Å². The van der Waals surface area contributed by atoms with Crippen LogP contribution in [-0.2, 0) is 10.1 Å². The van der Waals surface area contributed by atoms with Crippen LogP contribution in [-0.4, -0.2) is 25.3 Å². The van der Waals surface area contributed by atoms with E-state index in [4.69, 9.17) is 4.55 Å². The fourth-order valence-corrected chi connectivity index (χ4v) is 1.76. The van der Waals surface area contributed by atoms with Crippen molar-refractivity contribution in [2.75, 3.05) is 17.6 Å². The molecule has 84 valence electrons. The number of aryl methyl sites for hydroxylation is 1. The van der Waals surface area contributed by atoms with Gasteiger partial charge in [0.05, 0.1) is 5.75 Å². The summed E-state index contributed by atoms with van der Waals surface area (Å²) < 4.78 is 29.4. The Hall–Kier alpha value is -1.07. The number of hydrogen-bond acceptors (Lipinski definition) is 3. The van der Waals surface area contributed by atoms with Gasteiger partial charge in [0, 0.05) is 12.2 Å². The maximum Gasteiger partial charge on any atom is 0.264 e. The lowest BCUT2D eigenvalue weighted by molar-refractivity contribution is 0.481. The Bertz CT molecular complexity index is 414. The van der Waals surface area contributed by atoms with E-state index in [2.05, 4.69) is 5.32 Å². The number of benzene rings is 1. The standard InChI is InChI=1S/C10H15NO3S/c1-9-5-2-3-6-10(9)11-7-4-8-15(12,13)14/h2-3,5-6,11H,4,7-8H2,1H3,(H,12,13,14). The highest BCUT2D eigenvalue weighted by Crippen LogP contribution is 2.12. The van der Waals surface area contributed by atoms with Gasteiger partial charge in [0.15, 0.2) is 0 Å². The molecule has 0 heterocycles. The molecule has 0 saturated heterocycles. The van der Waals surface area contributed by atoms with Gasteiger partial charge in [-0.3, -0.25) is 4.55 Å². The van der Waals surface area contributed by atoms with Crippen LogP contribution >= 0.6 is 0 Å². The fraction of sp³-hybridized carbons (Fsp3) is 0.400. The van der Waals surface area contributed by atoms with Crippen LogP contribution in [0.1, 0.15) is 12.0 Å². The molecule has 0 amide bonds. The van der Waals surface area contributed by atoms with E-state index in [1.165, 1.54) is 0 Å². The number of nitrogens with one attached hydrogen (secondary N) is 1. The molecule has 0 unspecified atom stereocenters. The predicted molar refractivity (Wildman–Crippen MR) is 60.7 cm³/mol. The molecule has 0 atom stereocenters. The van der Waals surface area contributed by atoms with Gasteiger partial charge in [0.2, 0.25) is 0 Å². The van der Waals surface area contributed by atoms with Crippen molar-refractivity contribution >= 4 is 15.8 Å². The Morgan fingerprint density at radius 1 is 1.33 bits per heavy atom. The summed E-state index contributed by atoms with van der Waals surface area (Å²) in [5.74, 6) is -0.202. The van der Waals surface area contributed by atoms with Crippen molar-refractivity contribution in [1.29, 1.82) is 0 Å². The van der Waals surface area contributed by atoms with Crippen LogP contribution in [0.4, 0.5) is 5.69 Å². The molecule has 1 aromatic rings. The molecule has 0 radical (unpaired) electrons. The summed E-state index contributed by atoms with van der Waals surface area (Å²) in [4.78, 5) is 0. The van der Waals surface area contributed by atoms with E-state index >= 15 is 0 Å². The molecule has 4 nitrogen and oxygen atoms in total. The van der Waals surface area contributed by atoms with Crippen LogP contribution in [0.3, 0.4) is 0 Å². The molecule has 2 N–H and O–H groups in total. The van der Waals surface area contributed by atoms with E-state index in [0.717, 1.165) is 11.3 Å². The number of rotatable bonds is 5. The molecule has 0 bridgehead atoms. The molecule has 0 aromatic heterocycles. The average Bonchev–Trinajstić information content (AvgIpc) is 2.13. The van der Waals surface area contributed by atoms with Gasteiger partial charge in [-0.15, -0.1) is 0 Å². The summed E-state index contributed by atoms with van der Waals surface area (Å²) in [5, 5.41) is 3.11. The second-order valence-electron chi connectivity index (χ2n) is 3.38. The van der Waals surface area contributed by atoms with E-state index in [1.54, 1.807) is 0 Å². The third kappa shape index (κ3) is 4.80. The maximum atomic E-state index is 10.4. The van der Waals surface area contributed by atoms with Gasteiger partial charge in [-0.25, -0.2) is 0 Å². The number of anilines is 1. The van der Waals surface area contributed by atoms with Crippen LogP contribution in [0.25, 0.3) is 0 Å². The van der Waals surface area contributed by atoms with Crippen LogP contribution in [0, 0.1) is 6.92 Å². The first kappa shape index (κ1) is 12.0. The van der Waals surface area contributed by atoms with E-state index in [1.807, 2.05) is 31.2 Å². The lowest BCUT2D eigenvalue weighted by atomic mass is 10.2. The highest BCUT2D eigenvalue weighted by atomic mass is 32.2. The first-order valence-electron chi connectivity index (χ1n) is 4.74. The zero-order chi connectivity index (χ0) is 11.3.